The molecule has 1 rings (SSSR count). The molecular weight excluding hydrogens is 219 g/mol. The molecule has 1 N–H and O–H groups in total. The third kappa shape index (κ3) is 4.91. The lowest BCUT2D eigenvalue weighted by molar-refractivity contribution is -0.274. The van der Waals surface area contributed by atoms with Crippen molar-refractivity contribution in [3.8, 4) is 5.75 Å². The molecule has 0 aromatic heterocycles. The number of rotatable bonds is 5. The number of nitrogens with one attached hydrogen (secondary N) is 1. The average molecular weight is 232 g/mol. The lowest BCUT2D eigenvalue weighted by atomic mass is 10.3. The Hall–Kier alpha value is -1.39. The quantitative estimate of drug-likeness (QED) is 0.783. The van der Waals surface area contributed by atoms with Gasteiger partial charge in [-0.1, -0.05) is 13.3 Å². The molecule has 0 saturated heterocycles. The van der Waals surface area contributed by atoms with Gasteiger partial charge >= 0.3 is 6.36 Å². The van der Waals surface area contributed by atoms with Crippen LogP contribution in [0.5, 0.6) is 5.75 Å². The van der Waals surface area contributed by atoms with Crippen LogP contribution in [0.15, 0.2) is 24.3 Å². The fourth-order valence-corrected chi connectivity index (χ4v) is 1.11. The van der Waals surface area contributed by atoms with Gasteiger partial charge in [0.15, 0.2) is 0 Å². The van der Waals surface area contributed by atoms with Gasteiger partial charge in [0.25, 0.3) is 0 Å². The topological polar surface area (TPSA) is 21.3 Å². The van der Waals surface area contributed by atoms with E-state index < -0.39 is 6.36 Å². The Kier molecular flexibility index (Phi) is 4.46. The van der Waals surface area contributed by atoms with Gasteiger partial charge in [-0.15, -0.1) is 13.2 Å². The van der Waals surface area contributed by atoms with Gasteiger partial charge < -0.3 is 10.1 Å². The third-order valence-electron chi connectivity index (χ3n) is 1.83. The zero-order valence-corrected chi connectivity index (χ0v) is 8.84. The minimum atomic E-state index is -4.63. The first-order valence-electron chi connectivity index (χ1n) is 4.92. The zero-order chi connectivity index (χ0) is 12.0. The van der Waals surface area contributed by atoms with Crippen LogP contribution in [0, 0.1) is 6.42 Å². The van der Waals surface area contributed by atoms with Crippen molar-refractivity contribution >= 4 is 5.69 Å². The maximum atomic E-state index is 11.8. The number of halogens is 3. The van der Waals surface area contributed by atoms with E-state index in [9.17, 15) is 13.2 Å². The number of ether oxygens (including phenoxy) is 1. The molecule has 0 saturated carbocycles. The molecule has 0 atom stereocenters. The molecular formula is C11H13F3NO. The fourth-order valence-electron chi connectivity index (χ4n) is 1.11. The summed E-state index contributed by atoms with van der Waals surface area (Å²) in [5.74, 6) is -0.211. The smallest absolute Gasteiger partial charge is 0.406 e. The summed E-state index contributed by atoms with van der Waals surface area (Å²) in [7, 11) is 0. The van der Waals surface area contributed by atoms with E-state index in [-0.39, 0.29) is 5.75 Å². The minimum absolute atomic E-state index is 0.211. The summed E-state index contributed by atoms with van der Waals surface area (Å²) in [6.45, 7) is 2.71. The van der Waals surface area contributed by atoms with E-state index in [1.165, 1.54) is 12.1 Å². The second kappa shape index (κ2) is 5.63. The van der Waals surface area contributed by atoms with Crippen molar-refractivity contribution in [3.63, 3.8) is 0 Å². The fraction of sp³-hybridized carbons (Fsp3) is 0.364. The molecule has 0 aliphatic heterocycles. The Labute approximate surface area is 92.4 Å². The van der Waals surface area contributed by atoms with Gasteiger partial charge in [0.1, 0.15) is 5.75 Å². The van der Waals surface area contributed by atoms with Crippen LogP contribution >= 0.6 is 0 Å². The van der Waals surface area contributed by atoms with Crippen LogP contribution in [-0.4, -0.2) is 12.9 Å². The van der Waals surface area contributed by atoms with Crippen LogP contribution in [0.1, 0.15) is 13.3 Å². The molecule has 0 heterocycles. The third-order valence-corrected chi connectivity index (χ3v) is 1.83. The first-order valence-corrected chi connectivity index (χ1v) is 4.92. The van der Waals surface area contributed by atoms with Gasteiger partial charge in [-0.2, -0.15) is 0 Å². The standard InChI is InChI=1S/C11H13F3NO/c1-2-3-8-15-9-4-6-10(7-5-9)16-11(12,13)14/h3-7,15H,2,8H2,1H3. The molecule has 1 aromatic rings. The molecule has 0 amide bonds. The number of anilines is 1. The number of hydrogen-bond acceptors (Lipinski definition) is 2. The number of hydrogen-bond donors (Lipinski definition) is 1. The average Bonchev–Trinajstić information content (AvgIpc) is 2.19. The molecule has 89 valence electrons. The molecule has 0 aliphatic carbocycles. The molecule has 2 nitrogen and oxygen atoms in total. The molecule has 1 aromatic carbocycles. The van der Waals surface area contributed by atoms with Gasteiger partial charge in [-0.05, 0) is 30.7 Å². The van der Waals surface area contributed by atoms with Gasteiger partial charge in [-0.25, -0.2) is 0 Å². The van der Waals surface area contributed by atoms with E-state index in [0.717, 1.165) is 12.1 Å². The zero-order valence-electron chi connectivity index (χ0n) is 8.84. The second-order valence-corrected chi connectivity index (χ2v) is 3.15. The summed E-state index contributed by atoms with van der Waals surface area (Å²) in [4.78, 5) is 0. The van der Waals surface area contributed by atoms with E-state index in [2.05, 4.69) is 10.1 Å². The van der Waals surface area contributed by atoms with Gasteiger partial charge in [-0.3, -0.25) is 0 Å². The minimum Gasteiger partial charge on any atom is -0.406 e. The summed E-state index contributed by atoms with van der Waals surface area (Å²) in [5, 5.41) is 3.04. The Morgan fingerprint density at radius 2 is 1.88 bits per heavy atom. The van der Waals surface area contributed by atoms with E-state index in [1.54, 1.807) is 12.1 Å². The lowest BCUT2D eigenvalue weighted by Crippen LogP contribution is -2.17. The van der Waals surface area contributed by atoms with Crippen LogP contribution in [0.3, 0.4) is 0 Å². The van der Waals surface area contributed by atoms with Crippen LogP contribution in [0.2, 0.25) is 0 Å². The highest BCUT2D eigenvalue weighted by Gasteiger charge is 2.30. The Morgan fingerprint density at radius 3 is 2.38 bits per heavy atom. The van der Waals surface area contributed by atoms with Gasteiger partial charge in [0.2, 0.25) is 0 Å². The van der Waals surface area contributed by atoms with Crippen molar-refractivity contribution in [2.75, 3.05) is 11.9 Å². The van der Waals surface area contributed by atoms with E-state index in [0.29, 0.717) is 6.54 Å². The second-order valence-electron chi connectivity index (χ2n) is 3.15. The molecule has 1 radical (unpaired) electrons. The maximum absolute atomic E-state index is 11.8. The summed E-state index contributed by atoms with van der Waals surface area (Å²) in [6, 6.07) is 5.65. The predicted octanol–water partition coefficient (Wildman–Crippen LogP) is 3.61. The highest BCUT2D eigenvalue weighted by Crippen LogP contribution is 2.23. The van der Waals surface area contributed by atoms with Crippen LogP contribution in [-0.2, 0) is 0 Å². The monoisotopic (exact) mass is 232 g/mol. The van der Waals surface area contributed by atoms with E-state index >= 15 is 0 Å². The number of unbranched alkanes of at least 4 members (excludes halogenated alkanes) is 1. The molecule has 0 aliphatic rings. The van der Waals surface area contributed by atoms with Crippen LogP contribution in [0.25, 0.3) is 0 Å². The summed E-state index contributed by atoms with van der Waals surface area (Å²) >= 11 is 0. The SMILES string of the molecule is CC[CH]CNc1ccc(OC(F)(F)F)cc1. The molecule has 0 unspecified atom stereocenters. The van der Waals surface area contributed by atoms with Crippen molar-refractivity contribution < 1.29 is 17.9 Å². The maximum Gasteiger partial charge on any atom is 0.573 e. The van der Waals surface area contributed by atoms with Crippen molar-refractivity contribution in [1.82, 2.24) is 0 Å². The van der Waals surface area contributed by atoms with E-state index in [1.807, 2.05) is 13.3 Å². The largest absolute Gasteiger partial charge is 0.573 e. The van der Waals surface area contributed by atoms with Crippen LogP contribution in [0.4, 0.5) is 18.9 Å². The van der Waals surface area contributed by atoms with Crippen molar-refractivity contribution in [2.24, 2.45) is 0 Å². The first-order chi connectivity index (χ1) is 7.51. The lowest BCUT2D eigenvalue weighted by Gasteiger charge is -2.10. The van der Waals surface area contributed by atoms with Crippen molar-refractivity contribution in [2.45, 2.75) is 19.7 Å². The van der Waals surface area contributed by atoms with E-state index in [4.69, 9.17) is 0 Å². The normalized spacial score (nSPS) is 11.2. The van der Waals surface area contributed by atoms with Crippen molar-refractivity contribution in [1.29, 1.82) is 0 Å². The van der Waals surface area contributed by atoms with Crippen LogP contribution < -0.4 is 10.1 Å². The van der Waals surface area contributed by atoms with Crippen molar-refractivity contribution in [3.05, 3.63) is 30.7 Å². The Balaban J connectivity index is 2.48. The molecule has 16 heavy (non-hydrogen) atoms. The number of benzene rings is 1. The number of alkyl halides is 3. The Bertz CT molecular complexity index is 308. The van der Waals surface area contributed by atoms with Gasteiger partial charge in [0, 0.05) is 12.2 Å². The predicted molar refractivity (Wildman–Crippen MR) is 56.2 cm³/mol. The molecule has 0 spiro atoms. The summed E-state index contributed by atoms with van der Waals surface area (Å²) < 4.78 is 39.3. The molecule has 5 heteroatoms. The molecule has 0 bridgehead atoms. The summed E-state index contributed by atoms with van der Waals surface area (Å²) in [6.07, 6.45) is -1.66. The molecule has 0 fully saturated rings. The highest BCUT2D eigenvalue weighted by molar-refractivity contribution is 5.46. The summed E-state index contributed by atoms with van der Waals surface area (Å²) in [5.41, 5.74) is 0.763. The van der Waals surface area contributed by atoms with Gasteiger partial charge in [0.05, 0.1) is 0 Å². The first kappa shape index (κ1) is 12.7. The highest BCUT2D eigenvalue weighted by atomic mass is 19.4. The Morgan fingerprint density at radius 1 is 1.25 bits per heavy atom.